The molecular weight excluding hydrogens is 332 g/mol. The van der Waals surface area contributed by atoms with Crippen LogP contribution in [0.3, 0.4) is 0 Å². The number of rotatable bonds is 8. The number of hydrogen-bond donors (Lipinski definition) is 2. The molecule has 23 heavy (non-hydrogen) atoms. The summed E-state index contributed by atoms with van der Waals surface area (Å²) >= 11 is 7.69. The maximum atomic E-state index is 12.4. The van der Waals surface area contributed by atoms with Gasteiger partial charge in [-0.2, -0.15) is 11.8 Å². The Labute approximate surface area is 147 Å². The molecule has 0 spiro atoms. The summed E-state index contributed by atoms with van der Waals surface area (Å²) in [7, 11) is 0. The van der Waals surface area contributed by atoms with Crippen molar-refractivity contribution in [3.8, 4) is 0 Å². The predicted molar refractivity (Wildman–Crippen MR) is 98.1 cm³/mol. The average Bonchev–Trinajstić information content (AvgIpc) is 2.51. The van der Waals surface area contributed by atoms with Crippen LogP contribution in [0.1, 0.15) is 37.6 Å². The van der Waals surface area contributed by atoms with Crippen molar-refractivity contribution in [2.45, 2.75) is 39.3 Å². The molecule has 0 fully saturated rings. The summed E-state index contributed by atoms with van der Waals surface area (Å²) in [6.07, 6.45) is 2.55. The Morgan fingerprint density at radius 2 is 1.83 bits per heavy atom. The zero-order valence-corrected chi connectivity index (χ0v) is 15.6. The lowest BCUT2D eigenvalue weighted by molar-refractivity contribution is -0.123. The van der Waals surface area contributed by atoms with Crippen LogP contribution in [0.5, 0.6) is 0 Å². The van der Waals surface area contributed by atoms with Gasteiger partial charge in [0.25, 0.3) is 5.91 Å². The summed E-state index contributed by atoms with van der Waals surface area (Å²) in [5.74, 6) is 0.644. The number of nitrogens with one attached hydrogen (secondary N) is 2. The molecule has 0 saturated heterocycles. The molecule has 1 aromatic rings. The fourth-order valence-electron chi connectivity index (χ4n) is 1.88. The Kier molecular flexibility index (Phi) is 8.48. The third-order valence-corrected chi connectivity index (χ3v) is 4.69. The highest BCUT2D eigenvalue weighted by atomic mass is 35.5. The van der Waals surface area contributed by atoms with Gasteiger partial charge in [0, 0.05) is 6.04 Å². The van der Waals surface area contributed by atoms with Crippen molar-refractivity contribution in [1.82, 2.24) is 10.6 Å². The topological polar surface area (TPSA) is 58.2 Å². The van der Waals surface area contributed by atoms with Gasteiger partial charge in [-0.05, 0) is 43.4 Å². The number of benzene rings is 1. The van der Waals surface area contributed by atoms with E-state index >= 15 is 0 Å². The highest BCUT2D eigenvalue weighted by Crippen LogP contribution is 2.15. The Morgan fingerprint density at radius 1 is 1.17 bits per heavy atom. The van der Waals surface area contributed by atoms with Crippen LogP contribution in [0.4, 0.5) is 0 Å². The number of amides is 2. The molecule has 0 aliphatic carbocycles. The van der Waals surface area contributed by atoms with Crippen molar-refractivity contribution < 1.29 is 9.59 Å². The SMILES string of the molecule is CSCCC(NC(=O)c1ccccc1Cl)C(=O)NC(C)C(C)C. The van der Waals surface area contributed by atoms with E-state index in [-0.39, 0.29) is 17.9 Å². The monoisotopic (exact) mass is 356 g/mol. The second-order valence-corrected chi connectivity index (χ2v) is 7.22. The fraction of sp³-hybridized carbons (Fsp3) is 0.529. The molecule has 2 amide bonds. The van der Waals surface area contributed by atoms with E-state index in [1.54, 1.807) is 36.0 Å². The van der Waals surface area contributed by atoms with E-state index in [1.807, 2.05) is 27.0 Å². The molecule has 0 bridgehead atoms. The number of halogens is 1. The maximum absolute atomic E-state index is 12.4. The highest BCUT2D eigenvalue weighted by Gasteiger charge is 2.23. The molecule has 1 rings (SSSR count). The average molecular weight is 357 g/mol. The summed E-state index contributed by atoms with van der Waals surface area (Å²) in [6, 6.07) is 6.32. The predicted octanol–water partition coefficient (Wildman–Crippen LogP) is 3.35. The van der Waals surface area contributed by atoms with Crippen molar-refractivity contribution in [3.05, 3.63) is 34.9 Å². The van der Waals surface area contributed by atoms with E-state index in [0.29, 0.717) is 22.9 Å². The first kappa shape index (κ1) is 19.8. The molecular formula is C17H25ClN2O2S. The van der Waals surface area contributed by atoms with Crippen molar-refractivity contribution in [3.63, 3.8) is 0 Å². The van der Waals surface area contributed by atoms with Crippen molar-refractivity contribution in [1.29, 1.82) is 0 Å². The molecule has 0 aliphatic heterocycles. The van der Waals surface area contributed by atoms with Crippen molar-refractivity contribution >= 4 is 35.2 Å². The number of carbonyl (C=O) groups excluding carboxylic acids is 2. The van der Waals surface area contributed by atoms with Crippen LogP contribution >= 0.6 is 23.4 Å². The van der Waals surface area contributed by atoms with Gasteiger partial charge in [-0.1, -0.05) is 37.6 Å². The number of hydrogen-bond acceptors (Lipinski definition) is 3. The molecule has 2 atom stereocenters. The van der Waals surface area contributed by atoms with E-state index in [1.165, 1.54) is 0 Å². The molecule has 0 heterocycles. The van der Waals surface area contributed by atoms with Crippen LogP contribution < -0.4 is 10.6 Å². The molecule has 0 aromatic heterocycles. The first-order valence-electron chi connectivity index (χ1n) is 7.71. The van der Waals surface area contributed by atoms with Gasteiger partial charge in [-0.3, -0.25) is 9.59 Å². The zero-order valence-electron chi connectivity index (χ0n) is 14.1. The minimum Gasteiger partial charge on any atom is -0.352 e. The molecule has 0 aliphatic rings. The minimum absolute atomic E-state index is 0.0523. The molecule has 128 valence electrons. The van der Waals surface area contributed by atoms with Crippen LogP contribution in [-0.4, -0.2) is 35.9 Å². The van der Waals surface area contributed by atoms with Gasteiger partial charge in [0.15, 0.2) is 0 Å². The minimum atomic E-state index is -0.563. The molecule has 2 N–H and O–H groups in total. The van der Waals surface area contributed by atoms with E-state index < -0.39 is 6.04 Å². The first-order valence-corrected chi connectivity index (χ1v) is 9.48. The maximum Gasteiger partial charge on any atom is 0.253 e. The van der Waals surface area contributed by atoms with Crippen LogP contribution in [0.25, 0.3) is 0 Å². The summed E-state index contributed by atoms with van der Waals surface area (Å²) < 4.78 is 0. The fourth-order valence-corrected chi connectivity index (χ4v) is 2.57. The van der Waals surface area contributed by atoms with Crippen LogP contribution in [0.2, 0.25) is 5.02 Å². The zero-order chi connectivity index (χ0) is 17.4. The Morgan fingerprint density at radius 3 is 2.39 bits per heavy atom. The van der Waals surface area contributed by atoms with Gasteiger partial charge in [0.2, 0.25) is 5.91 Å². The summed E-state index contributed by atoms with van der Waals surface area (Å²) in [4.78, 5) is 24.8. The summed E-state index contributed by atoms with van der Waals surface area (Å²) in [5.41, 5.74) is 0.382. The Hall–Kier alpha value is -1.20. The van der Waals surface area contributed by atoms with Gasteiger partial charge < -0.3 is 10.6 Å². The van der Waals surface area contributed by atoms with E-state index in [2.05, 4.69) is 10.6 Å². The quantitative estimate of drug-likeness (QED) is 0.751. The van der Waals surface area contributed by atoms with Gasteiger partial charge >= 0.3 is 0 Å². The van der Waals surface area contributed by atoms with E-state index in [4.69, 9.17) is 11.6 Å². The Balaban J connectivity index is 2.79. The van der Waals surface area contributed by atoms with Crippen molar-refractivity contribution in [2.75, 3.05) is 12.0 Å². The van der Waals surface area contributed by atoms with Gasteiger partial charge in [-0.15, -0.1) is 0 Å². The lowest BCUT2D eigenvalue weighted by Crippen LogP contribution is -2.50. The second kappa shape index (κ2) is 9.83. The molecule has 2 unspecified atom stereocenters. The van der Waals surface area contributed by atoms with Gasteiger partial charge in [0.1, 0.15) is 6.04 Å². The third kappa shape index (κ3) is 6.43. The van der Waals surface area contributed by atoms with E-state index in [0.717, 1.165) is 5.75 Å². The third-order valence-electron chi connectivity index (χ3n) is 3.72. The smallest absolute Gasteiger partial charge is 0.253 e. The van der Waals surface area contributed by atoms with Crippen LogP contribution in [0, 0.1) is 5.92 Å². The van der Waals surface area contributed by atoms with Crippen LogP contribution in [0.15, 0.2) is 24.3 Å². The second-order valence-electron chi connectivity index (χ2n) is 5.83. The molecule has 1 aromatic carbocycles. The largest absolute Gasteiger partial charge is 0.352 e. The molecule has 4 nitrogen and oxygen atoms in total. The van der Waals surface area contributed by atoms with Gasteiger partial charge in [0.05, 0.1) is 10.6 Å². The molecule has 6 heteroatoms. The summed E-state index contributed by atoms with van der Waals surface area (Å²) in [6.45, 7) is 6.05. The Bertz CT molecular complexity index is 537. The molecule has 0 radical (unpaired) electrons. The molecule has 0 saturated carbocycles. The lowest BCUT2D eigenvalue weighted by Gasteiger charge is -2.23. The number of carbonyl (C=O) groups is 2. The lowest BCUT2D eigenvalue weighted by atomic mass is 10.1. The normalized spacial score (nSPS) is 13.5. The van der Waals surface area contributed by atoms with E-state index in [9.17, 15) is 9.59 Å². The standard InChI is InChI=1S/C17H25ClN2O2S/c1-11(2)12(3)19-17(22)15(9-10-23-4)20-16(21)13-7-5-6-8-14(13)18/h5-8,11-12,15H,9-10H2,1-4H3,(H,19,22)(H,20,21). The van der Waals surface area contributed by atoms with Gasteiger partial charge in [-0.25, -0.2) is 0 Å². The van der Waals surface area contributed by atoms with Crippen LogP contribution in [-0.2, 0) is 4.79 Å². The summed E-state index contributed by atoms with van der Waals surface area (Å²) in [5, 5.41) is 6.15. The first-order chi connectivity index (χ1) is 10.9. The highest BCUT2D eigenvalue weighted by molar-refractivity contribution is 7.98. The number of thioether (sulfide) groups is 1. The van der Waals surface area contributed by atoms with Crippen molar-refractivity contribution in [2.24, 2.45) is 5.92 Å².